The Kier molecular flexibility index (Phi) is 4.35. The summed E-state index contributed by atoms with van der Waals surface area (Å²) in [4.78, 5) is 0. The van der Waals surface area contributed by atoms with Crippen molar-refractivity contribution in [1.29, 1.82) is 0 Å². The fourth-order valence-corrected chi connectivity index (χ4v) is 2.88. The zero-order valence-corrected chi connectivity index (χ0v) is 12.5. The van der Waals surface area contributed by atoms with Gasteiger partial charge in [0.15, 0.2) is 0 Å². The molecular weight excluding hydrogens is 238 g/mol. The van der Waals surface area contributed by atoms with E-state index in [2.05, 4.69) is 19.2 Å². The van der Waals surface area contributed by atoms with Gasteiger partial charge in [-0.3, -0.25) is 0 Å². The predicted molar refractivity (Wildman–Crippen MR) is 77.8 cm³/mol. The molecule has 1 aromatic rings. The van der Waals surface area contributed by atoms with E-state index in [0.29, 0.717) is 11.5 Å². The van der Waals surface area contributed by atoms with Crippen LogP contribution in [-0.4, -0.2) is 20.3 Å². The number of nitrogens with one attached hydrogen (secondary N) is 1. The van der Waals surface area contributed by atoms with E-state index in [9.17, 15) is 0 Å². The van der Waals surface area contributed by atoms with E-state index in [1.54, 1.807) is 14.2 Å². The minimum absolute atomic E-state index is 0.482. The largest absolute Gasteiger partial charge is 0.497 e. The van der Waals surface area contributed by atoms with Gasteiger partial charge in [0.05, 0.1) is 14.2 Å². The summed E-state index contributed by atoms with van der Waals surface area (Å²) in [6.07, 6.45) is 3.82. The second-order valence-corrected chi connectivity index (χ2v) is 6.16. The summed E-state index contributed by atoms with van der Waals surface area (Å²) >= 11 is 0. The maximum Gasteiger partial charge on any atom is 0.123 e. The van der Waals surface area contributed by atoms with E-state index in [1.165, 1.54) is 19.3 Å². The third-order valence-corrected chi connectivity index (χ3v) is 4.04. The molecule has 2 rings (SSSR count). The smallest absolute Gasteiger partial charge is 0.123 e. The van der Waals surface area contributed by atoms with Gasteiger partial charge in [-0.25, -0.2) is 0 Å². The Balaban J connectivity index is 1.98. The fraction of sp³-hybridized carbons (Fsp3) is 0.625. The van der Waals surface area contributed by atoms with Gasteiger partial charge in [0, 0.05) is 18.2 Å². The van der Waals surface area contributed by atoms with Crippen molar-refractivity contribution in [3.8, 4) is 11.5 Å². The van der Waals surface area contributed by atoms with Crippen LogP contribution in [0.25, 0.3) is 0 Å². The van der Waals surface area contributed by atoms with Gasteiger partial charge >= 0.3 is 0 Å². The second-order valence-electron chi connectivity index (χ2n) is 6.16. The molecule has 1 atom stereocenters. The molecule has 3 nitrogen and oxygen atoms in total. The van der Waals surface area contributed by atoms with E-state index >= 15 is 0 Å². The van der Waals surface area contributed by atoms with Gasteiger partial charge in [0.2, 0.25) is 0 Å². The highest BCUT2D eigenvalue weighted by molar-refractivity contribution is 5.40. The summed E-state index contributed by atoms with van der Waals surface area (Å²) in [5, 5.41) is 3.64. The number of methoxy groups -OCH3 is 2. The van der Waals surface area contributed by atoms with Crippen LogP contribution in [0.4, 0.5) is 0 Å². The first-order valence-electron chi connectivity index (χ1n) is 6.98. The lowest BCUT2D eigenvalue weighted by Gasteiger charge is -2.18. The van der Waals surface area contributed by atoms with E-state index < -0.39 is 0 Å². The molecule has 0 aliphatic heterocycles. The highest BCUT2D eigenvalue weighted by atomic mass is 16.5. The Bertz CT molecular complexity index is 429. The van der Waals surface area contributed by atoms with Crippen molar-refractivity contribution in [3.05, 3.63) is 23.8 Å². The predicted octanol–water partition coefficient (Wildman–Crippen LogP) is 3.37. The summed E-state index contributed by atoms with van der Waals surface area (Å²) < 4.78 is 10.7. The molecule has 1 N–H and O–H groups in total. The first-order chi connectivity index (χ1) is 9.04. The lowest BCUT2D eigenvalue weighted by atomic mass is 9.92. The molecule has 0 bridgehead atoms. The van der Waals surface area contributed by atoms with Gasteiger partial charge in [-0.15, -0.1) is 0 Å². The van der Waals surface area contributed by atoms with Crippen molar-refractivity contribution in [2.24, 2.45) is 5.41 Å². The molecule has 106 valence electrons. The minimum atomic E-state index is 0.482. The maximum absolute atomic E-state index is 5.41. The van der Waals surface area contributed by atoms with Crippen LogP contribution < -0.4 is 14.8 Å². The monoisotopic (exact) mass is 263 g/mol. The average Bonchev–Trinajstić information content (AvgIpc) is 2.75. The zero-order valence-electron chi connectivity index (χ0n) is 12.5. The average molecular weight is 263 g/mol. The Morgan fingerprint density at radius 3 is 2.63 bits per heavy atom. The SMILES string of the molecule is COc1ccc(OC)c(CNC2CCC(C)(C)C2)c1. The topological polar surface area (TPSA) is 30.5 Å². The van der Waals surface area contributed by atoms with Crippen LogP contribution in [-0.2, 0) is 6.54 Å². The van der Waals surface area contributed by atoms with E-state index in [0.717, 1.165) is 23.6 Å². The van der Waals surface area contributed by atoms with Crippen LogP contribution in [0.5, 0.6) is 11.5 Å². The minimum Gasteiger partial charge on any atom is -0.497 e. The normalized spacial score (nSPS) is 21.4. The molecule has 0 heterocycles. The molecule has 1 unspecified atom stereocenters. The standard InChI is InChI=1S/C16H25NO2/c1-16(2)8-7-13(10-16)17-11-12-9-14(18-3)5-6-15(12)19-4/h5-6,9,13,17H,7-8,10-11H2,1-4H3. The van der Waals surface area contributed by atoms with Crippen LogP contribution in [0.1, 0.15) is 38.7 Å². The van der Waals surface area contributed by atoms with Crippen LogP contribution in [0.15, 0.2) is 18.2 Å². The molecule has 1 saturated carbocycles. The molecule has 3 heteroatoms. The molecule has 0 aromatic heterocycles. The molecule has 0 saturated heterocycles. The highest BCUT2D eigenvalue weighted by Gasteiger charge is 2.30. The van der Waals surface area contributed by atoms with Gasteiger partial charge < -0.3 is 14.8 Å². The molecule has 0 spiro atoms. The van der Waals surface area contributed by atoms with Crippen molar-refractivity contribution in [2.75, 3.05) is 14.2 Å². The molecule has 1 fully saturated rings. The lowest BCUT2D eigenvalue weighted by Crippen LogP contribution is -2.27. The van der Waals surface area contributed by atoms with Crippen LogP contribution in [0.3, 0.4) is 0 Å². The summed E-state index contributed by atoms with van der Waals surface area (Å²) in [7, 11) is 3.41. The van der Waals surface area contributed by atoms with E-state index in [4.69, 9.17) is 9.47 Å². The van der Waals surface area contributed by atoms with Crippen LogP contribution in [0.2, 0.25) is 0 Å². The van der Waals surface area contributed by atoms with E-state index in [-0.39, 0.29) is 0 Å². The summed E-state index contributed by atoms with van der Waals surface area (Å²) in [5.41, 5.74) is 1.64. The van der Waals surface area contributed by atoms with Crippen molar-refractivity contribution < 1.29 is 9.47 Å². The van der Waals surface area contributed by atoms with E-state index in [1.807, 2.05) is 18.2 Å². The quantitative estimate of drug-likeness (QED) is 0.883. The lowest BCUT2D eigenvalue weighted by molar-refractivity contribution is 0.362. The second kappa shape index (κ2) is 5.83. The van der Waals surface area contributed by atoms with Crippen LogP contribution >= 0.6 is 0 Å². The Labute approximate surface area is 116 Å². The number of hydrogen-bond acceptors (Lipinski definition) is 3. The number of rotatable bonds is 5. The van der Waals surface area contributed by atoms with Crippen molar-refractivity contribution in [2.45, 2.75) is 45.7 Å². The number of ether oxygens (including phenoxy) is 2. The molecule has 0 radical (unpaired) electrons. The molecule has 0 amide bonds. The van der Waals surface area contributed by atoms with Crippen molar-refractivity contribution in [3.63, 3.8) is 0 Å². The first kappa shape index (κ1) is 14.2. The molecular formula is C16H25NO2. The Hall–Kier alpha value is -1.22. The highest BCUT2D eigenvalue weighted by Crippen LogP contribution is 2.37. The van der Waals surface area contributed by atoms with Gasteiger partial charge in [0.25, 0.3) is 0 Å². The third-order valence-electron chi connectivity index (χ3n) is 4.04. The summed E-state index contributed by atoms with van der Waals surface area (Å²) in [5.74, 6) is 1.80. The molecule has 1 aliphatic carbocycles. The molecule has 1 aliphatic rings. The van der Waals surface area contributed by atoms with Crippen LogP contribution in [0, 0.1) is 5.41 Å². The Morgan fingerprint density at radius 2 is 2.05 bits per heavy atom. The fourth-order valence-electron chi connectivity index (χ4n) is 2.88. The van der Waals surface area contributed by atoms with Gasteiger partial charge in [-0.2, -0.15) is 0 Å². The summed E-state index contributed by atoms with van der Waals surface area (Å²) in [6, 6.07) is 6.56. The first-order valence-corrected chi connectivity index (χ1v) is 6.98. The van der Waals surface area contributed by atoms with Crippen molar-refractivity contribution in [1.82, 2.24) is 5.32 Å². The zero-order chi connectivity index (χ0) is 13.9. The van der Waals surface area contributed by atoms with Gasteiger partial charge in [-0.05, 0) is 42.9 Å². The Morgan fingerprint density at radius 1 is 1.26 bits per heavy atom. The maximum atomic E-state index is 5.41. The van der Waals surface area contributed by atoms with Crippen molar-refractivity contribution >= 4 is 0 Å². The number of benzene rings is 1. The molecule has 1 aromatic carbocycles. The van der Waals surface area contributed by atoms with Gasteiger partial charge in [-0.1, -0.05) is 13.8 Å². The number of hydrogen-bond donors (Lipinski definition) is 1. The van der Waals surface area contributed by atoms with Gasteiger partial charge in [0.1, 0.15) is 11.5 Å². The third kappa shape index (κ3) is 3.63. The molecule has 19 heavy (non-hydrogen) atoms. The summed E-state index contributed by atoms with van der Waals surface area (Å²) in [6.45, 7) is 5.53.